The third-order valence-corrected chi connectivity index (χ3v) is 4.22. The summed E-state index contributed by atoms with van der Waals surface area (Å²) in [5, 5.41) is 5.79. The van der Waals surface area contributed by atoms with Crippen molar-refractivity contribution in [1.82, 2.24) is 5.32 Å². The number of carbonyl (C=O) groups is 1. The van der Waals surface area contributed by atoms with Crippen LogP contribution in [0.3, 0.4) is 0 Å². The maximum absolute atomic E-state index is 12.6. The molecule has 1 amide bonds. The van der Waals surface area contributed by atoms with E-state index in [0.29, 0.717) is 35.1 Å². The number of carbonyl (C=O) groups excluding carboxylic acids is 1. The highest BCUT2D eigenvalue weighted by atomic mass is 32.1. The van der Waals surface area contributed by atoms with Crippen molar-refractivity contribution in [3.05, 3.63) is 42.0 Å². The molecule has 0 aliphatic carbocycles. The van der Waals surface area contributed by atoms with Gasteiger partial charge >= 0.3 is 0 Å². The zero-order valence-electron chi connectivity index (χ0n) is 17.0. The van der Waals surface area contributed by atoms with Gasteiger partial charge in [-0.05, 0) is 42.9 Å². The Hall–Kier alpha value is -3.00. The van der Waals surface area contributed by atoms with E-state index in [1.54, 1.807) is 12.1 Å². The van der Waals surface area contributed by atoms with E-state index >= 15 is 0 Å². The number of thiocarbonyl (C=S) groups is 1. The Balaban J connectivity index is 2.06. The van der Waals surface area contributed by atoms with Crippen LogP contribution in [0.25, 0.3) is 0 Å². The first-order chi connectivity index (χ1) is 14.0. The lowest BCUT2D eigenvalue weighted by Gasteiger charge is -2.15. The second-order valence-corrected chi connectivity index (χ2v) is 6.46. The summed E-state index contributed by atoms with van der Waals surface area (Å²) in [6.45, 7) is 2.76. The van der Waals surface area contributed by atoms with Crippen LogP contribution in [0, 0.1) is 0 Å². The second-order valence-electron chi connectivity index (χ2n) is 6.05. The molecular formula is C21H26N2O5S. The molecule has 0 fully saturated rings. The molecule has 0 saturated heterocycles. The van der Waals surface area contributed by atoms with Gasteiger partial charge in [-0.2, -0.15) is 0 Å². The molecule has 0 radical (unpaired) electrons. The summed E-state index contributed by atoms with van der Waals surface area (Å²) in [6.07, 6.45) is 2.05. The average molecular weight is 419 g/mol. The first kappa shape index (κ1) is 22.3. The molecule has 0 spiro atoms. The molecule has 0 heterocycles. The Morgan fingerprint density at radius 2 is 1.72 bits per heavy atom. The summed E-state index contributed by atoms with van der Waals surface area (Å²) in [6, 6.07) is 10.5. The van der Waals surface area contributed by atoms with E-state index in [2.05, 4.69) is 17.6 Å². The number of nitrogens with one attached hydrogen (secondary N) is 2. The zero-order chi connectivity index (χ0) is 21.2. The number of methoxy groups -OCH3 is 3. The minimum atomic E-state index is -0.405. The number of benzene rings is 2. The standard InChI is InChI=1S/C21H26N2O5S/c1-5-6-10-28-16-9-7-8-15(13-16)22-21(29)23-20(24)14-11-17(25-2)19(27-4)18(12-14)26-3/h7-9,11-13H,5-6,10H2,1-4H3,(H2,22,23,24,29). The number of hydrogen-bond acceptors (Lipinski definition) is 6. The summed E-state index contributed by atoms with van der Waals surface area (Å²) in [7, 11) is 4.47. The van der Waals surface area contributed by atoms with E-state index in [4.69, 9.17) is 31.2 Å². The van der Waals surface area contributed by atoms with Crippen molar-refractivity contribution in [2.45, 2.75) is 19.8 Å². The predicted molar refractivity (Wildman–Crippen MR) is 117 cm³/mol. The second kappa shape index (κ2) is 11.1. The molecular weight excluding hydrogens is 392 g/mol. The summed E-state index contributed by atoms with van der Waals surface area (Å²) >= 11 is 5.26. The molecule has 2 N–H and O–H groups in total. The van der Waals surface area contributed by atoms with Gasteiger partial charge in [0.05, 0.1) is 27.9 Å². The fourth-order valence-corrected chi connectivity index (χ4v) is 2.76. The van der Waals surface area contributed by atoms with E-state index in [0.717, 1.165) is 18.6 Å². The van der Waals surface area contributed by atoms with Crippen LogP contribution in [-0.4, -0.2) is 39.0 Å². The number of hydrogen-bond donors (Lipinski definition) is 2. The minimum Gasteiger partial charge on any atom is -0.494 e. The lowest BCUT2D eigenvalue weighted by molar-refractivity contribution is 0.0977. The van der Waals surface area contributed by atoms with Gasteiger partial charge in [0.15, 0.2) is 16.6 Å². The molecule has 0 saturated carbocycles. The topological polar surface area (TPSA) is 78.1 Å². The lowest BCUT2D eigenvalue weighted by Crippen LogP contribution is -2.34. The number of unbranched alkanes of at least 4 members (excludes halogenated alkanes) is 1. The highest BCUT2D eigenvalue weighted by molar-refractivity contribution is 7.80. The molecule has 0 unspecified atom stereocenters. The molecule has 7 nitrogen and oxygen atoms in total. The molecule has 29 heavy (non-hydrogen) atoms. The molecule has 8 heteroatoms. The summed E-state index contributed by atoms with van der Waals surface area (Å²) in [5.74, 6) is 1.51. The Kier molecular flexibility index (Phi) is 8.54. The number of rotatable bonds is 9. The lowest BCUT2D eigenvalue weighted by atomic mass is 10.1. The molecule has 0 bridgehead atoms. The number of ether oxygens (including phenoxy) is 4. The van der Waals surface area contributed by atoms with Gasteiger partial charge in [0.25, 0.3) is 5.91 Å². The monoisotopic (exact) mass is 418 g/mol. The quantitative estimate of drug-likeness (QED) is 0.470. The molecule has 2 rings (SSSR count). The van der Waals surface area contributed by atoms with E-state index in [1.165, 1.54) is 21.3 Å². The van der Waals surface area contributed by atoms with Crippen LogP contribution in [-0.2, 0) is 0 Å². The fraction of sp³-hybridized carbons (Fsp3) is 0.333. The van der Waals surface area contributed by atoms with Gasteiger partial charge in [0.1, 0.15) is 5.75 Å². The van der Waals surface area contributed by atoms with Crippen molar-refractivity contribution >= 4 is 28.9 Å². The van der Waals surface area contributed by atoms with Crippen LogP contribution in [0.15, 0.2) is 36.4 Å². The zero-order valence-corrected chi connectivity index (χ0v) is 17.9. The largest absolute Gasteiger partial charge is 0.494 e. The molecule has 0 aromatic heterocycles. The SMILES string of the molecule is CCCCOc1cccc(NC(=S)NC(=O)c2cc(OC)c(OC)c(OC)c2)c1. The van der Waals surface area contributed by atoms with Crippen LogP contribution in [0.4, 0.5) is 5.69 Å². The molecule has 0 aliphatic rings. The van der Waals surface area contributed by atoms with Crippen LogP contribution in [0.1, 0.15) is 30.1 Å². The van der Waals surface area contributed by atoms with Gasteiger partial charge in [-0.15, -0.1) is 0 Å². The highest BCUT2D eigenvalue weighted by Gasteiger charge is 2.17. The molecule has 0 atom stereocenters. The maximum Gasteiger partial charge on any atom is 0.257 e. The Labute approximate surface area is 176 Å². The van der Waals surface area contributed by atoms with Crippen molar-refractivity contribution in [2.75, 3.05) is 33.3 Å². The van der Waals surface area contributed by atoms with E-state index in [9.17, 15) is 4.79 Å². The fourth-order valence-electron chi connectivity index (χ4n) is 2.55. The summed E-state index contributed by atoms with van der Waals surface area (Å²) < 4.78 is 21.5. The van der Waals surface area contributed by atoms with Crippen molar-refractivity contribution in [3.63, 3.8) is 0 Å². The maximum atomic E-state index is 12.6. The third kappa shape index (κ3) is 6.25. The predicted octanol–water partition coefficient (Wildman–Crippen LogP) is 4.02. The first-order valence-corrected chi connectivity index (χ1v) is 9.58. The van der Waals surface area contributed by atoms with E-state index in [-0.39, 0.29) is 5.11 Å². The van der Waals surface area contributed by atoms with Crippen LogP contribution >= 0.6 is 12.2 Å². The van der Waals surface area contributed by atoms with Crippen LogP contribution in [0.2, 0.25) is 0 Å². The van der Waals surface area contributed by atoms with E-state index in [1.807, 2.05) is 24.3 Å². The van der Waals surface area contributed by atoms with Gasteiger partial charge in [-0.25, -0.2) is 0 Å². The number of anilines is 1. The van der Waals surface area contributed by atoms with Crippen molar-refractivity contribution in [3.8, 4) is 23.0 Å². The highest BCUT2D eigenvalue weighted by Crippen LogP contribution is 2.38. The van der Waals surface area contributed by atoms with Crippen LogP contribution < -0.4 is 29.6 Å². The molecule has 0 aliphatic heterocycles. The van der Waals surface area contributed by atoms with Gasteiger partial charge < -0.3 is 24.3 Å². The van der Waals surface area contributed by atoms with Gasteiger partial charge in [-0.3, -0.25) is 10.1 Å². The Morgan fingerprint density at radius 3 is 2.31 bits per heavy atom. The molecule has 2 aromatic carbocycles. The minimum absolute atomic E-state index is 0.162. The Bertz CT molecular complexity index is 832. The third-order valence-electron chi connectivity index (χ3n) is 4.01. The number of amides is 1. The normalized spacial score (nSPS) is 10.1. The van der Waals surface area contributed by atoms with Crippen LogP contribution in [0.5, 0.6) is 23.0 Å². The van der Waals surface area contributed by atoms with E-state index < -0.39 is 5.91 Å². The Morgan fingerprint density at radius 1 is 1.03 bits per heavy atom. The first-order valence-electron chi connectivity index (χ1n) is 9.17. The summed E-state index contributed by atoms with van der Waals surface area (Å²) in [5.41, 5.74) is 1.04. The smallest absolute Gasteiger partial charge is 0.257 e. The van der Waals surface area contributed by atoms with Crippen molar-refractivity contribution < 1.29 is 23.7 Å². The summed E-state index contributed by atoms with van der Waals surface area (Å²) in [4.78, 5) is 12.6. The van der Waals surface area contributed by atoms with Gasteiger partial charge in [0.2, 0.25) is 5.75 Å². The van der Waals surface area contributed by atoms with Crippen molar-refractivity contribution in [2.24, 2.45) is 0 Å². The average Bonchev–Trinajstić information content (AvgIpc) is 2.72. The molecule has 156 valence electrons. The van der Waals surface area contributed by atoms with Crippen molar-refractivity contribution in [1.29, 1.82) is 0 Å². The van der Waals surface area contributed by atoms with Gasteiger partial charge in [0, 0.05) is 17.3 Å². The van der Waals surface area contributed by atoms with Gasteiger partial charge in [-0.1, -0.05) is 19.4 Å². The molecule has 2 aromatic rings.